The standard InChI is InChI=1S/C20H24N2O4/c1-5-21(16-9-7-6-8-10-16)20(24)14-22(15(2)23)17-11-12-18(25-3)19(13-17)26-4/h6-13H,5,14H2,1-4H3. The van der Waals surface area contributed by atoms with Crippen molar-refractivity contribution < 1.29 is 19.1 Å². The number of rotatable bonds is 7. The Bertz CT molecular complexity index is 762. The second-order valence-electron chi connectivity index (χ2n) is 5.62. The molecular formula is C20H24N2O4. The normalized spacial score (nSPS) is 10.2. The predicted molar refractivity (Wildman–Crippen MR) is 102 cm³/mol. The smallest absolute Gasteiger partial charge is 0.247 e. The lowest BCUT2D eigenvalue weighted by molar-refractivity contribution is -0.121. The molecule has 0 saturated heterocycles. The molecule has 0 N–H and O–H groups in total. The number of benzene rings is 2. The van der Waals surface area contributed by atoms with Gasteiger partial charge in [-0.05, 0) is 31.2 Å². The number of hydrogen-bond donors (Lipinski definition) is 0. The van der Waals surface area contributed by atoms with Gasteiger partial charge in [0, 0.05) is 30.9 Å². The summed E-state index contributed by atoms with van der Waals surface area (Å²) in [5.74, 6) is 0.669. The number of likely N-dealkylation sites (N-methyl/N-ethyl adjacent to an activating group) is 1. The number of amides is 2. The number of para-hydroxylation sites is 1. The van der Waals surface area contributed by atoms with Crippen LogP contribution < -0.4 is 19.3 Å². The first kappa shape index (κ1) is 19.3. The number of ether oxygens (including phenoxy) is 2. The van der Waals surface area contributed by atoms with Crippen LogP contribution in [0.15, 0.2) is 48.5 Å². The van der Waals surface area contributed by atoms with Crippen LogP contribution in [0.2, 0.25) is 0 Å². The van der Waals surface area contributed by atoms with E-state index >= 15 is 0 Å². The lowest BCUT2D eigenvalue weighted by atomic mass is 10.2. The SMILES string of the molecule is CCN(C(=O)CN(C(C)=O)c1ccc(OC)c(OC)c1)c1ccccc1. The summed E-state index contributed by atoms with van der Waals surface area (Å²) in [5.41, 5.74) is 1.38. The zero-order chi connectivity index (χ0) is 19.1. The van der Waals surface area contributed by atoms with E-state index in [0.29, 0.717) is 23.7 Å². The van der Waals surface area contributed by atoms with Crippen LogP contribution >= 0.6 is 0 Å². The van der Waals surface area contributed by atoms with Gasteiger partial charge in [-0.3, -0.25) is 9.59 Å². The van der Waals surface area contributed by atoms with Gasteiger partial charge < -0.3 is 19.3 Å². The van der Waals surface area contributed by atoms with Crippen LogP contribution in [0.4, 0.5) is 11.4 Å². The maximum atomic E-state index is 12.8. The molecule has 0 spiro atoms. The quantitative estimate of drug-likeness (QED) is 0.765. The minimum Gasteiger partial charge on any atom is -0.493 e. The molecule has 26 heavy (non-hydrogen) atoms. The number of carbonyl (C=O) groups is 2. The summed E-state index contributed by atoms with van der Waals surface area (Å²) < 4.78 is 10.5. The van der Waals surface area contributed by atoms with Crippen LogP contribution in [0.5, 0.6) is 11.5 Å². The molecule has 0 saturated carbocycles. The van der Waals surface area contributed by atoms with Crippen LogP contribution in [0.25, 0.3) is 0 Å². The Balaban J connectivity index is 2.28. The van der Waals surface area contributed by atoms with Gasteiger partial charge in [0.25, 0.3) is 0 Å². The van der Waals surface area contributed by atoms with Gasteiger partial charge in [0.15, 0.2) is 11.5 Å². The summed E-state index contributed by atoms with van der Waals surface area (Å²) in [4.78, 5) is 28.1. The molecular weight excluding hydrogens is 332 g/mol. The van der Waals surface area contributed by atoms with E-state index in [0.717, 1.165) is 5.69 Å². The van der Waals surface area contributed by atoms with Gasteiger partial charge in [-0.25, -0.2) is 0 Å². The first-order valence-corrected chi connectivity index (χ1v) is 8.37. The van der Waals surface area contributed by atoms with Crippen molar-refractivity contribution >= 4 is 23.2 Å². The molecule has 0 atom stereocenters. The van der Waals surface area contributed by atoms with Crippen molar-refractivity contribution in [3.05, 3.63) is 48.5 Å². The Hall–Kier alpha value is -3.02. The van der Waals surface area contributed by atoms with E-state index in [2.05, 4.69) is 0 Å². The Kier molecular flexibility index (Phi) is 6.60. The molecule has 0 radical (unpaired) electrons. The van der Waals surface area contributed by atoms with Crippen molar-refractivity contribution in [2.75, 3.05) is 37.1 Å². The molecule has 0 bridgehead atoms. The number of nitrogens with zero attached hydrogens (tertiary/aromatic N) is 2. The van der Waals surface area contributed by atoms with Gasteiger partial charge in [-0.1, -0.05) is 18.2 Å². The second-order valence-corrected chi connectivity index (χ2v) is 5.62. The third kappa shape index (κ3) is 4.33. The van der Waals surface area contributed by atoms with Gasteiger partial charge in [0.05, 0.1) is 14.2 Å². The highest BCUT2D eigenvalue weighted by atomic mass is 16.5. The fourth-order valence-corrected chi connectivity index (χ4v) is 2.71. The summed E-state index contributed by atoms with van der Waals surface area (Å²) in [5, 5.41) is 0. The lowest BCUT2D eigenvalue weighted by Crippen LogP contribution is -2.42. The van der Waals surface area contributed by atoms with E-state index in [4.69, 9.17) is 9.47 Å². The highest BCUT2D eigenvalue weighted by Crippen LogP contribution is 2.31. The third-order valence-electron chi connectivity index (χ3n) is 4.04. The van der Waals surface area contributed by atoms with Crippen molar-refractivity contribution in [3.8, 4) is 11.5 Å². The van der Waals surface area contributed by atoms with Crippen LogP contribution in [0.3, 0.4) is 0 Å². The summed E-state index contributed by atoms with van der Waals surface area (Å²) >= 11 is 0. The molecule has 0 aliphatic heterocycles. The minimum atomic E-state index is -0.227. The Morgan fingerprint density at radius 1 is 0.885 bits per heavy atom. The third-order valence-corrected chi connectivity index (χ3v) is 4.04. The highest BCUT2D eigenvalue weighted by Gasteiger charge is 2.21. The topological polar surface area (TPSA) is 59.1 Å². The van der Waals surface area contributed by atoms with E-state index in [1.807, 2.05) is 37.3 Å². The van der Waals surface area contributed by atoms with Crippen LogP contribution in [-0.4, -0.2) is 39.1 Å². The molecule has 6 nitrogen and oxygen atoms in total. The summed E-state index contributed by atoms with van der Waals surface area (Å²) in [7, 11) is 3.07. The van der Waals surface area contributed by atoms with Crippen molar-refractivity contribution in [1.82, 2.24) is 0 Å². The van der Waals surface area contributed by atoms with Gasteiger partial charge in [0.2, 0.25) is 11.8 Å². The second kappa shape index (κ2) is 8.89. The number of carbonyl (C=O) groups excluding carboxylic acids is 2. The van der Waals surface area contributed by atoms with Crippen LogP contribution in [-0.2, 0) is 9.59 Å². The summed E-state index contributed by atoms with van der Waals surface area (Å²) in [6.07, 6.45) is 0. The molecule has 2 amide bonds. The maximum absolute atomic E-state index is 12.8. The molecule has 2 aromatic carbocycles. The summed E-state index contributed by atoms with van der Waals surface area (Å²) in [6.45, 7) is 3.79. The molecule has 6 heteroatoms. The molecule has 2 rings (SSSR count). The fourth-order valence-electron chi connectivity index (χ4n) is 2.71. The fraction of sp³-hybridized carbons (Fsp3) is 0.300. The van der Waals surface area contributed by atoms with Gasteiger partial charge >= 0.3 is 0 Å². The average molecular weight is 356 g/mol. The van der Waals surface area contributed by atoms with E-state index in [-0.39, 0.29) is 18.4 Å². The molecule has 2 aromatic rings. The van der Waals surface area contributed by atoms with Crippen molar-refractivity contribution in [2.45, 2.75) is 13.8 Å². The molecule has 0 aliphatic carbocycles. The first-order chi connectivity index (χ1) is 12.5. The van der Waals surface area contributed by atoms with Gasteiger partial charge in [-0.2, -0.15) is 0 Å². The van der Waals surface area contributed by atoms with Crippen molar-refractivity contribution in [3.63, 3.8) is 0 Å². The van der Waals surface area contributed by atoms with E-state index in [9.17, 15) is 9.59 Å². The molecule has 0 fully saturated rings. The maximum Gasteiger partial charge on any atom is 0.247 e. The molecule has 0 aliphatic rings. The first-order valence-electron chi connectivity index (χ1n) is 8.37. The number of hydrogen-bond acceptors (Lipinski definition) is 4. The highest BCUT2D eigenvalue weighted by molar-refractivity contribution is 6.03. The number of methoxy groups -OCH3 is 2. The van der Waals surface area contributed by atoms with E-state index < -0.39 is 0 Å². The lowest BCUT2D eigenvalue weighted by Gasteiger charge is -2.26. The largest absolute Gasteiger partial charge is 0.493 e. The zero-order valence-electron chi connectivity index (χ0n) is 15.6. The van der Waals surface area contributed by atoms with Gasteiger partial charge in [-0.15, -0.1) is 0 Å². The molecule has 0 unspecified atom stereocenters. The van der Waals surface area contributed by atoms with Gasteiger partial charge in [0.1, 0.15) is 6.54 Å². The molecule has 0 aromatic heterocycles. The zero-order valence-corrected chi connectivity index (χ0v) is 15.6. The molecule has 138 valence electrons. The molecule has 0 heterocycles. The number of anilines is 2. The van der Waals surface area contributed by atoms with Crippen molar-refractivity contribution in [1.29, 1.82) is 0 Å². The predicted octanol–water partition coefficient (Wildman–Crippen LogP) is 3.11. The Labute approximate surface area is 153 Å². The van der Waals surface area contributed by atoms with E-state index in [1.54, 1.807) is 30.2 Å². The monoisotopic (exact) mass is 356 g/mol. The van der Waals surface area contributed by atoms with Crippen LogP contribution in [0, 0.1) is 0 Å². The van der Waals surface area contributed by atoms with E-state index in [1.165, 1.54) is 18.9 Å². The van der Waals surface area contributed by atoms with Crippen molar-refractivity contribution in [2.24, 2.45) is 0 Å². The van der Waals surface area contributed by atoms with Crippen LogP contribution in [0.1, 0.15) is 13.8 Å². The Morgan fingerprint density at radius 2 is 1.54 bits per heavy atom. The minimum absolute atomic E-state index is 0.0620. The Morgan fingerprint density at radius 3 is 2.08 bits per heavy atom. The summed E-state index contributed by atoms with van der Waals surface area (Å²) in [6, 6.07) is 14.5. The average Bonchev–Trinajstić information content (AvgIpc) is 2.66.